The molecule has 3 nitrogen and oxygen atoms in total. The molecule has 0 spiro atoms. The zero-order valence-electron chi connectivity index (χ0n) is 9.63. The second-order valence-corrected chi connectivity index (χ2v) is 3.32. The van der Waals surface area contributed by atoms with Gasteiger partial charge in [0.05, 0.1) is 6.17 Å². The lowest BCUT2D eigenvalue weighted by Gasteiger charge is -2.28. The monoisotopic (exact) mass is 198 g/mol. The normalized spacial score (nSPS) is 25.8. The van der Waals surface area contributed by atoms with Crippen LogP contribution in [0.15, 0.2) is 11.6 Å². The third-order valence-electron chi connectivity index (χ3n) is 2.29. The lowest BCUT2D eigenvalue weighted by molar-refractivity contribution is -0.118. The van der Waals surface area contributed by atoms with Crippen LogP contribution in [0, 0.1) is 5.92 Å². The highest BCUT2D eigenvalue weighted by Crippen LogP contribution is 2.21. The number of hydrogen-bond acceptors (Lipinski definition) is 2. The first-order valence-electron chi connectivity index (χ1n) is 5.39. The van der Waals surface area contributed by atoms with Crippen molar-refractivity contribution in [2.24, 2.45) is 11.7 Å². The van der Waals surface area contributed by atoms with E-state index in [-0.39, 0.29) is 12.1 Å². The molecule has 0 aromatic rings. The molecule has 1 heterocycles. The van der Waals surface area contributed by atoms with Gasteiger partial charge in [-0.05, 0) is 13.3 Å². The lowest BCUT2D eigenvalue weighted by atomic mass is 9.90. The summed E-state index contributed by atoms with van der Waals surface area (Å²) in [6.07, 6.45) is 3.59. The van der Waals surface area contributed by atoms with E-state index in [2.05, 4.69) is 12.2 Å². The van der Waals surface area contributed by atoms with Gasteiger partial charge in [-0.25, -0.2) is 0 Å². The number of hydrogen-bond donors (Lipinski definition) is 2. The summed E-state index contributed by atoms with van der Waals surface area (Å²) in [5.41, 5.74) is 6.88. The second kappa shape index (κ2) is 6.60. The van der Waals surface area contributed by atoms with E-state index in [0.717, 1.165) is 18.4 Å². The molecule has 14 heavy (non-hydrogen) atoms. The van der Waals surface area contributed by atoms with Crippen LogP contribution in [-0.2, 0) is 4.79 Å². The van der Waals surface area contributed by atoms with E-state index in [0.29, 0.717) is 5.92 Å². The quantitative estimate of drug-likeness (QED) is 0.710. The molecular weight excluding hydrogens is 176 g/mol. The van der Waals surface area contributed by atoms with Crippen molar-refractivity contribution in [3.8, 4) is 0 Å². The average Bonchev–Trinajstić information content (AvgIpc) is 2.14. The zero-order valence-corrected chi connectivity index (χ0v) is 9.63. The molecular formula is C11H22N2O. The van der Waals surface area contributed by atoms with E-state index >= 15 is 0 Å². The third kappa shape index (κ3) is 3.50. The van der Waals surface area contributed by atoms with Gasteiger partial charge in [-0.1, -0.05) is 32.8 Å². The van der Waals surface area contributed by atoms with Crippen LogP contribution < -0.4 is 11.1 Å². The zero-order chi connectivity index (χ0) is 11.1. The third-order valence-corrected chi connectivity index (χ3v) is 2.29. The van der Waals surface area contributed by atoms with Gasteiger partial charge in [0.25, 0.3) is 0 Å². The molecule has 0 aliphatic carbocycles. The van der Waals surface area contributed by atoms with Crippen molar-refractivity contribution < 1.29 is 4.79 Å². The van der Waals surface area contributed by atoms with Crippen molar-refractivity contribution in [1.82, 2.24) is 5.32 Å². The van der Waals surface area contributed by atoms with Crippen molar-refractivity contribution in [2.75, 3.05) is 0 Å². The Kier molecular flexibility index (Phi) is 6.21. The molecule has 2 atom stereocenters. The summed E-state index contributed by atoms with van der Waals surface area (Å²) >= 11 is 0. The minimum atomic E-state index is -0.192. The van der Waals surface area contributed by atoms with Gasteiger partial charge < -0.3 is 11.1 Å². The van der Waals surface area contributed by atoms with Crippen LogP contribution in [-0.4, -0.2) is 12.1 Å². The predicted molar refractivity (Wildman–Crippen MR) is 59.6 cm³/mol. The van der Waals surface area contributed by atoms with Gasteiger partial charge in [-0.3, -0.25) is 4.79 Å². The Labute approximate surface area is 86.8 Å². The smallest absolute Gasteiger partial charge is 0.245 e. The molecule has 1 amide bonds. The molecule has 82 valence electrons. The van der Waals surface area contributed by atoms with Crippen LogP contribution in [0.3, 0.4) is 0 Å². The molecule has 1 aliphatic rings. The fourth-order valence-electron chi connectivity index (χ4n) is 1.62. The Morgan fingerprint density at radius 3 is 2.50 bits per heavy atom. The topological polar surface area (TPSA) is 55.1 Å². The van der Waals surface area contributed by atoms with E-state index in [1.54, 1.807) is 6.08 Å². The molecule has 3 N–H and O–H groups in total. The summed E-state index contributed by atoms with van der Waals surface area (Å²) in [4.78, 5) is 11.0. The molecule has 0 saturated carbocycles. The van der Waals surface area contributed by atoms with Crippen molar-refractivity contribution in [2.45, 2.75) is 46.7 Å². The van der Waals surface area contributed by atoms with Crippen LogP contribution in [0.5, 0.6) is 0 Å². The fourth-order valence-corrected chi connectivity index (χ4v) is 1.62. The van der Waals surface area contributed by atoms with E-state index < -0.39 is 0 Å². The van der Waals surface area contributed by atoms with Gasteiger partial charge in [0.2, 0.25) is 5.91 Å². The van der Waals surface area contributed by atoms with Crippen LogP contribution in [0.4, 0.5) is 0 Å². The van der Waals surface area contributed by atoms with E-state index in [1.165, 1.54) is 0 Å². The highest BCUT2D eigenvalue weighted by atomic mass is 16.1. The molecule has 3 heteroatoms. The van der Waals surface area contributed by atoms with Crippen molar-refractivity contribution in [3.05, 3.63) is 11.6 Å². The molecule has 0 radical (unpaired) electrons. The molecule has 0 fully saturated rings. The van der Waals surface area contributed by atoms with Gasteiger partial charge in [0.1, 0.15) is 0 Å². The fraction of sp³-hybridized carbons (Fsp3) is 0.727. The highest BCUT2D eigenvalue weighted by molar-refractivity contribution is 5.89. The number of rotatable bonds is 2. The Balaban J connectivity index is 0.000000791. The minimum Gasteiger partial charge on any atom is -0.337 e. The standard InChI is InChI=1S/C9H16N2O.C2H6/c1-3-4-7-6(2)5-8(12)11-9(7)10;1-2/h5,7,9H,3-4,10H2,1-2H3,(H,11,12);1-2H3. The molecule has 0 aromatic carbocycles. The molecule has 2 unspecified atom stereocenters. The van der Waals surface area contributed by atoms with Crippen LogP contribution in [0.1, 0.15) is 40.5 Å². The molecule has 0 bridgehead atoms. The van der Waals surface area contributed by atoms with Gasteiger partial charge in [-0.15, -0.1) is 0 Å². The lowest BCUT2D eigenvalue weighted by Crippen LogP contribution is -2.49. The van der Waals surface area contributed by atoms with Gasteiger partial charge in [0, 0.05) is 12.0 Å². The number of amides is 1. The maximum absolute atomic E-state index is 11.0. The van der Waals surface area contributed by atoms with Gasteiger partial charge >= 0.3 is 0 Å². The van der Waals surface area contributed by atoms with Crippen LogP contribution in [0.2, 0.25) is 0 Å². The second-order valence-electron chi connectivity index (χ2n) is 3.32. The van der Waals surface area contributed by atoms with Crippen molar-refractivity contribution >= 4 is 5.91 Å². The largest absolute Gasteiger partial charge is 0.337 e. The maximum atomic E-state index is 11.0. The van der Waals surface area contributed by atoms with E-state index in [9.17, 15) is 4.79 Å². The van der Waals surface area contributed by atoms with Gasteiger partial charge in [-0.2, -0.15) is 0 Å². The summed E-state index contributed by atoms with van der Waals surface area (Å²) in [5, 5.41) is 2.71. The highest BCUT2D eigenvalue weighted by Gasteiger charge is 2.24. The van der Waals surface area contributed by atoms with Crippen molar-refractivity contribution in [1.29, 1.82) is 0 Å². The molecule has 1 aliphatic heterocycles. The van der Waals surface area contributed by atoms with Crippen LogP contribution in [0.25, 0.3) is 0 Å². The van der Waals surface area contributed by atoms with Crippen molar-refractivity contribution in [3.63, 3.8) is 0 Å². The Morgan fingerprint density at radius 1 is 1.50 bits per heavy atom. The van der Waals surface area contributed by atoms with E-state index in [4.69, 9.17) is 5.73 Å². The first kappa shape index (κ1) is 13.2. The summed E-state index contributed by atoms with van der Waals surface area (Å²) in [6.45, 7) is 8.09. The minimum absolute atomic E-state index is 0.0626. The average molecular weight is 198 g/mol. The maximum Gasteiger partial charge on any atom is 0.245 e. The first-order chi connectivity index (χ1) is 6.65. The number of carbonyl (C=O) groups excluding carboxylic acids is 1. The Bertz CT molecular complexity index is 211. The molecule has 0 saturated heterocycles. The Hall–Kier alpha value is -0.830. The summed E-state index contributed by atoms with van der Waals surface area (Å²) in [7, 11) is 0. The van der Waals surface area contributed by atoms with Crippen LogP contribution >= 0.6 is 0 Å². The molecule has 0 aromatic heterocycles. The van der Waals surface area contributed by atoms with Gasteiger partial charge in [0.15, 0.2) is 0 Å². The molecule has 1 rings (SSSR count). The first-order valence-corrected chi connectivity index (χ1v) is 5.39. The predicted octanol–water partition coefficient (Wildman–Crippen LogP) is 1.79. The number of nitrogens with one attached hydrogen (secondary N) is 1. The van der Waals surface area contributed by atoms with E-state index in [1.807, 2.05) is 20.8 Å². The summed E-state index contributed by atoms with van der Waals surface area (Å²) in [6, 6.07) is 0. The Morgan fingerprint density at radius 2 is 2.07 bits per heavy atom. The number of nitrogens with two attached hydrogens (primary N) is 1. The summed E-state index contributed by atoms with van der Waals surface area (Å²) in [5.74, 6) is 0.264. The number of carbonyl (C=O) groups is 1. The SMILES string of the molecule is CC.CCCC1C(C)=CC(=O)NC1N. The summed E-state index contributed by atoms with van der Waals surface area (Å²) < 4.78 is 0.